The average molecular weight is 202 g/mol. The molecule has 0 aliphatic rings. The SMILES string of the molecule is Cc1cccc(N)c1.O=C(O)CCl. The summed E-state index contributed by atoms with van der Waals surface area (Å²) in [4.78, 5) is 9.24. The van der Waals surface area contributed by atoms with Gasteiger partial charge in [0.2, 0.25) is 0 Å². The fourth-order valence-corrected chi connectivity index (χ4v) is 0.670. The Hall–Kier alpha value is -1.22. The molecule has 0 aromatic heterocycles. The molecule has 3 N–H and O–H groups in total. The highest BCUT2D eigenvalue weighted by atomic mass is 35.5. The topological polar surface area (TPSA) is 63.3 Å². The normalized spacial score (nSPS) is 8.46. The molecule has 13 heavy (non-hydrogen) atoms. The van der Waals surface area contributed by atoms with Crippen LogP contribution in [-0.2, 0) is 4.79 Å². The molecule has 1 rings (SSSR count). The van der Waals surface area contributed by atoms with Gasteiger partial charge in [-0.2, -0.15) is 0 Å². The van der Waals surface area contributed by atoms with Gasteiger partial charge in [0.15, 0.2) is 0 Å². The number of hydrogen-bond donors (Lipinski definition) is 2. The van der Waals surface area contributed by atoms with Crippen LogP contribution in [0.15, 0.2) is 24.3 Å². The molecule has 0 atom stereocenters. The molecule has 0 aliphatic heterocycles. The zero-order valence-corrected chi connectivity index (χ0v) is 8.08. The molecule has 4 heteroatoms. The average Bonchev–Trinajstić information content (AvgIpc) is 2.05. The van der Waals surface area contributed by atoms with Crippen molar-refractivity contribution in [3.63, 3.8) is 0 Å². The van der Waals surface area contributed by atoms with Gasteiger partial charge in [-0.25, -0.2) is 0 Å². The Morgan fingerprint density at radius 3 is 2.38 bits per heavy atom. The van der Waals surface area contributed by atoms with E-state index in [9.17, 15) is 4.79 Å². The lowest BCUT2D eigenvalue weighted by Crippen LogP contribution is -1.92. The third-order valence-electron chi connectivity index (χ3n) is 1.16. The number of anilines is 1. The van der Waals surface area contributed by atoms with E-state index in [0.29, 0.717) is 0 Å². The molecular formula is C9H12ClNO2. The Kier molecular flexibility index (Phi) is 5.72. The molecule has 0 saturated heterocycles. The summed E-state index contributed by atoms with van der Waals surface area (Å²) in [6, 6.07) is 7.80. The van der Waals surface area contributed by atoms with E-state index in [-0.39, 0.29) is 5.88 Å². The number of rotatable bonds is 1. The first-order valence-electron chi connectivity index (χ1n) is 3.66. The number of aryl methyl sites for hydroxylation is 1. The summed E-state index contributed by atoms with van der Waals surface area (Å²) in [6.07, 6.45) is 0. The Morgan fingerprint density at radius 1 is 1.62 bits per heavy atom. The van der Waals surface area contributed by atoms with Crippen molar-refractivity contribution in [1.82, 2.24) is 0 Å². The van der Waals surface area contributed by atoms with Gasteiger partial charge in [0.1, 0.15) is 5.88 Å². The van der Waals surface area contributed by atoms with Gasteiger partial charge in [-0.05, 0) is 24.6 Å². The minimum Gasteiger partial charge on any atom is -0.480 e. The number of halogens is 1. The van der Waals surface area contributed by atoms with E-state index < -0.39 is 5.97 Å². The monoisotopic (exact) mass is 201 g/mol. The molecule has 1 aromatic rings. The van der Waals surface area contributed by atoms with Crippen LogP contribution in [0.5, 0.6) is 0 Å². The standard InChI is InChI=1S/C7H9N.C2H3ClO2/c1-6-3-2-4-7(8)5-6;3-1-2(4)5/h2-5H,8H2,1H3;1H2,(H,4,5). The van der Waals surface area contributed by atoms with E-state index in [0.717, 1.165) is 5.69 Å². The molecule has 1 aromatic carbocycles. The van der Waals surface area contributed by atoms with Crippen LogP contribution in [0.4, 0.5) is 5.69 Å². The Bertz CT molecular complexity index is 259. The van der Waals surface area contributed by atoms with Crippen molar-refractivity contribution in [3.05, 3.63) is 29.8 Å². The van der Waals surface area contributed by atoms with E-state index in [1.54, 1.807) is 0 Å². The Labute approximate surface area is 82.1 Å². The fraction of sp³-hybridized carbons (Fsp3) is 0.222. The van der Waals surface area contributed by atoms with Crippen molar-refractivity contribution < 1.29 is 9.90 Å². The first kappa shape index (κ1) is 11.8. The van der Waals surface area contributed by atoms with Crippen molar-refractivity contribution in [2.45, 2.75) is 6.92 Å². The van der Waals surface area contributed by atoms with Gasteiger partial charge in [0.25, 0.3) is 0 Å². The second kappa shape index (κ2) is 6.31. The van der Waals surface area contributed by atoms with E-state index in [1.165, 1.54) is 5.56 Å². The van der Waals surface area contributed by atoms with Crippen molar-refractivity contribution in [2.24, 2.45) is 0 Å². The summed E-state index contributed by atoms with van der Waals surface area (Å²) in [5, 5.41) is 7.59. The molecule has 0 unspecified atom stereocenters. The summed E-state index contributed by atoms with van der Waals surface area (Å²) >= 11 is 4.74. The maximum absolute atomic E-state index is 9.24. The van der Waals surface area contributed by atoms with E-state index in [4.69, 9.17) is 22.4 Å². The lowest BCUT2D eigenvalue weighted by molar-refractivity contribution is -0.134. The Morgan fingerprint density at radius 2 is 2.15 bits per heavy atom. The molecule has 0 fully saturated rings. The number of benzene rings is 1. The number of carboxylic acid groups (broad SMARTS) is 1. The molecule has 3 nitrogen and oxygen atoms in total. The molecule has 0 spiro atoms. The van der Waals surface area contributed by atoms with Crippen LogP contribution in [0.3, 0.4) is 0 Å². The van der Waals surface area contributed by atoms with Crippen LogP contribution < -0.4 is 5.73 Å². The van der Waals surface area contributed by atoms with Crippen LogP contribution in [0, 0.1) is 6.92 Å². The predicted octanol–water partition coefficient (Wildman–Crippen LogP) is 1.89. The molecule has 0 heterocycles. The van der Waals surface area contributed by atoms with Crippen molar-refractivity contribution in [3.8, 4) is 0 Å². The summed E-state index contributed by atoms with van der Waals surface area (Å²) in [5.41, 5.74) is 7.51. The minimum atomic E-state index is -0.980. The lowest BCUT2D eigenvalue weighted by Gasteiger charge is -1.91. The summed E-state index contributed by atoms with van der Waals surface area (Å²) in [5.74, 6) is -1.29. The first-order chi connectivity index (χ1) is 6.06. The third kappa shape index (κ3) is 7.15. The molecule has 0 bridgehead atoms. The second-order valence-corrected chi connectivity index (χ2v) is 2.71. The van der Waals surface area contributed by atoms with Crippen molar-refractivity contribution in [1.29, 1.82) is 0 Å². The number of aliphatic carboxylic acids is 1. The summed E-state index contributed by atoms with van der Waals surface area (Å²) < 4.78 is 0. The van der Waals surface area contributed by atoms with Crippen molar-refractivity contribution >= 4 is 23.3 Å². The third-order valence-corrected chi connectivity index (χ3v) is 1.39. The van der Waals surface area contributed by atoms with E-state index in [2.05, 4.69) is 0 Å². The van der Waals surface area contributed by atoms with E-state index in [1.807, 2.05) is 31.2 Å². The molecule has 0 aliphatic carbocycles. The molecule has 0 amide bonds. The number of alkyl halides is 1. The number of carbonyl (C=O) groups is 1. The van der Waals surface area contributed by atoms with Crippen LogP contribution >= 0.6 is 11.6 Å². The number of hydrogen-bond acceptors (Lipinski definition) is 2. The molecule has 0 radical (unpaired) electrons. The maximum atomic E-state index is 9.24. The smallest absolute Gasteiger partial charge is 0.318 e. The highest BCUT2D eigenvalue weighted by Crippen LogP contribution is 2.03. The van der Waals surface area contributed by atoms with Gasteiger partial charge in [0.05, 0.1) is 0 Å². The highest BCUT2D eigenvalue weighted by Gasteiger charge is 1.83. The van der Waals surface area contributed by atoms with Gasteiger partial charge in [-0.15, -0.1) is 11.6 Å². The van der Waals surface area contributed by atoms with E-state index >= 15 is 0 Å². The van der Waals surface area contributed by atoms with Crippen molar-refractivity contribution in [2.75, 3.05) is 11.6 Å². The zero-order chi connectivity index (χ0) is 10.3. The predicted molar refractivity (Wildman–Crippen MR) is 53.9 cm³/mol. The van der Waals surface area contributed by atoms with Gasteiger partial charge < -0.3 is 10.8 Å². The largest absolute Gasteiger partial charge is 0.480 e. The quantitative estimate of drug-likeness (QED) is 0.539. The number of carboxylic acids is 1. The molecular weight excluding hydrogens is 190 g/mol. The second-order valence-electron chi connectivity index (χ2n) is 2.44. The summed E-state index contributed by atoms with van der Waals surface area (Å²) in [7, 11) is 0. The number of nitrogens with two attached hydrogens (primary N) is 1. The van der Waals surface area contributed by atoms with Crippen LogP contribution in [0.25, 0.3) is 0 Å². The van der Waals surface area contributed by atoms with Crippen LogP contribution in [0.2, 0.25) is 0 Å². The highest BCUT2D eigenvalue weighted by molar-refractivity contribution is 6.26. The first-order valence-corrected chi connectivity index (χ1v) is 4.19. The molecule has 72 valence electrons. The minimum absolute atomic E-state index is 0.306. The maximum Gasteiger partial charge on any atom is 0.318 e. The van der Waals surface area contributed by atoms with Gasteiger partial charge in [0, 0.05) is 5.69 Å². The fourth-order valence-electron chi connectivity index (χ4n) is 0.670. The van der Waals surface area contributed by atoms with Gasteiger partial charge >= 0.3 is 5.97 Å². The lowest BCUT2D eigenvalue weighted by atomic mass is 10.2. The zero-order valence-electron chi connectivity index (χ0n) is 7.33. The van der Waals surface area contributed by atoms with Crippen LogP contribution in [-0.4, -0.2) is 17.0 Å². The summed E-state index contributed by atoms with van der Waals surface area (Å²) in [6.45, 7) is 2.02. The van der Waals surface area contributed by atoms with Gasteiger partial charge in [-0.1, -0.05) is 12.1 Å². The van der Waals surface area contributed by atoms with Gasteiger partial charge in [-0.3, -0.25) is 4.79 Å². The van der Waals surface area contributed by atoms with Crippen LogP contribution in [0.1, 0.15) is 5.56 Å². The Balaban J connectivity index is 0.000000252. The number of nitrogen functional groups attached to an aromatic ring is 1. The molecule has 0 saturated carbocycles.